The first-order valence-electron chi connectivity index (χ1n) is 5.19. The lowest BCUT2D eigenvalue weighted by Gasteiger charge is -2.18. The Bertz CT molecular complexity index is 379. The van der Waals surface area contributed by atoms with Gasteiger partial charge in [-0.15, -0.1) is 0 Å². The van der Waals surface area contributed by atoms with Gasteiger partial charge in [0.1, 0.15) is 0 Å². The summed E-state index contributed by atoms with van der Waals surface area (Å²) in [5.41, 5.74) is 1.08. The standard InChI is InChI=1S/C11H15NO3S/c1-15-10-6-7-12(8-10)9-2-4-11(5-3-9)16(13)14/h2-5,10H,6-8H2,1H3,(H,13,14). The molecule has 5 heteroatoms. The summed E-state index contributed by atoms with van der Waals surface area (Å²) in [5.74, 6) is 0. The number of rotatable bonds is 3. The van der Waals surface area contributed by atoms with Gasteiger partial charge in [-0.25, -0.2) is 4.21 Å². The van der Waals surface area contributed by atoms with Gasteiger partial charge in [-0.05, 0) is 30.7 Å². The molecule has 2 unspecified atom stereocenters. The van der Waals surface area contributed by atoms with Crippen molar-refractivity contribution in [2.75, 3.05) is 25.1 Å². The van der Waals surface area contributed by atoms with Crippen molar-refractivity contribution in [1.82, 2.24) is 0 Å². The molecule has 1 saturated heterocycles. The molecule has 1 N–H and O–H groups in total. The maximum Gasteiger partial charge on any atom is 0.186 e. The second-order valence-corrected chi connectivity index (χ2v) is 4.81. The van der Waals surface area contributed by atoms with E-state index in [9.17, 15) is 4.21 Å². The molecule has 16 heavy (non-hydrogen) atoms. The number of ether oxygens (including phenoxy) is 1. The van der Waals surface area contributed by atoms with Crippen LogP contribution in [0.15, 0.2) is 29.2 Å². The SMILES string of the molecule is COC1CCN(c2ccc(S(=O)O)cc2)C1. The number of methoxy groups -OCH3 is 1. The Balaban J connectivity index is 2.08. The van der Waals surface area contributed by atoms with Gasteiger partial charge in [-0.3, -0.25) is 0 Å². The predicted octanol–water partition coefficient (Wildman–Crippen LogP) is 1.49. The van der Waals surface area contributed by atoms with Gasteiger partial charge in [-0.2, -0.15) is 0 Å². The first-order valence-corrected chi connectivity index (χ1v) is 6.30. The van der Waals surface area contributed by atoms with Crippen LogP contribution >= 0.6 is 0 Å². The highest BCUT2D eigenvalue weighted by atomic mass is 32.2. The minimum atomic E-state index is -1.89. The molecule has 1 fully saturated rings. The molecule has 0 amide bonds. The van der Waals surface area contributed by atoms with Crippen molar-refractivity contribution >= 4 is 16.8 Å². The summed E-state index contributed by atoms with van der Waals surface area (Å²) in [4.78, 5) is 2.66. The Hall–Kier alpha value is -0.910. The van der Waals surface area contributed by atoms with Crippen molar-refractivity contribution in [3.8, 4) is 0 Å². The average Bonchev–Trinajstić information content (AvgIpc) is 2.77. The van der Waals surface area contributed by atoms with E-state index < -0.39 is 11.1 Å². The van der Waals surface area contributed by atoms with Gasteiger partial charge in [0.15, 0.2) is 11.1 Å². The highest BCUT2D eigenvalue weighted by Gasteiger charge is 2.22. The quantitative estimate of drug-likeness (QED) is 0.815. The normalized spacial score (nSPS) is 22.4. The third kappa shape index (κ3) is 2.42. The molecule has 4 nitrogen and oxygen atoms in total. The fourth-order valence-corrected chi connectivity index (χ4v) is 2.30. The van der Waals surface area contributed by atoms with Crippen LogP contribution in [0.5, 0.6) is 0 Å². The molecule has 1 aliphatic heterocycles. The molecule has 0 aliphatic carbocycles. The molecule has 1 aliphatic rings. The van der Waals surface area contributed by atoms with E-state index in [4.69, 9.17) is 9.29 Å². The average molecular weight is 241 g/mol. The summed E-state index contributed by atoms with van der Waals surface area (Å²) in [6.45, 7) is 1.86. The summed E-state index contributed by atoms with van der Waals surface area (Å²) in [7, 11) is 1.73. The van der Waals surface area contributed by atoms with Crippen LogP contribution < -0.4 is 4.90 Å². The third-order valence-electron chi connectivity index (χ3n) is 2.88. The smallest absolute Gasteiger partial charge is 0.186 e. The van der Waals surface area contributed by atoms with Gasteiger partial charge in [0.25, 0.3) is 0 Å². The zero-order valence-corrected chi connectivity index (χ0v) is 9.94. The molecule has 2 atom stereocenters. The van der Waals surface area contributed by atoms with E-state index in [-0.39, 0.29) is 0 Å². The maximum atomic E-state index is 10.8. The molecule has 2 rings (SSSR count). The van der Waals surface area contributed by atoms with Crippen LogP contribution in [-0.4, -0.2) is 35.1 Å². The molecule has 0 spiro atoms. The van der Waals surface area contributed by atoms with Gasteiger partial charge >= 0.3 is 0 Å². The Morgan fingerprint density at radius 3 is 2.62 bits per heavy atom. The van der Waals surface area contributed by atoms with Crippen LogP contribution in [-0.2, 0) is 15.8 Å². The van der Waals surface area contributed by atoms with Crippen LogP contribution in [0.25, 0.3) is 0 Å². The van der Waals surface area contributed by atoms with Crippen LogP contribution in [0.1, 0.15) is 6.42 Å². The van der Waals surface area contributed by atoms with Crippen molar-refractivity contribution in [2.45, 2.75) is 17.4 Å². The minimum Gasteiger partial charge on any atom is -0.380 e. The van der Waals surface area contributed by atoms with Gasteiger partial charge in [0.05, 0.1) is 11.0 Å². The van der Waals surface area contributed by atoms with Gasteiger partial charge in [0, 0.05) is 25.9 Å². The Morgan fingerprint density at radius 1 is 1.44 bits per heavy atom. The largest absolute Gasteiger partial charge is 0.380 e. The molecule has 88 valence electrons. The van der Waals surface area contributed by atoms with E-state index in [0.717, 1.165) is 25.2 Å². The molecule has 1 aromatic rings. The van der Waals surface area contributed by atoms with E-state index in [2.05, 4.69) is 4.90 Å². The van der Waals surface area contributed by atoms with E-state index in [1.54, 1.807) is 19.2 Å². The monoisotopic (exact) mass is 241 g/mol. The Kier molecular flexibility index (Phi) is 3.58. The second-order valence-electron chi connectivity index (χ2n) is 3.84. The van der Waals surface area contributed by atoms with Crippen LogP contribution in [0, 0.1) is 0 Å². The summed E-state index contributed by atoms with van der Waals surface area (Å²) in [6.07, 6.45) is 1.33. The molecule has 1 aromatic carbocycles. The molecule has 0 aromatic heterocycles. The predicted molar refractivity (Wildman–Crippen MR) is 63.1 cm³/mol. The summed E-state index contributed by atoms with van der Waals surface area (Å²) >= 11 is -1.89. The fourth-order valence-electron chi connectivity index (χ4n) is 1.93. The molecule has 1 heterocycles. The molecular formula is C11H15NO3S. The van der Waals surface area contributed by atoms with E-state index in [1.165, 1.54) is 0 Å². The van der Waals surface area contributed by atoms with Gasteiger partial charge in [0.2, 0.25) is 0 Å². The van der Waals surface area contributed by atoms with E-state index in [0.29, 0.717) is 11.0 Å². The minimum absolute atomic E-state index is 0.298. The number of hydrogen-bond donors (Lipinski definition) is 1. The zero-order valence-electron chi connectivity index (χ0n) is 9.13. The molecule has 0 radical (unpaired) electrons. The van der Waals surface area contributed by atoms with Crippen molar-refractivity contribution < 1.29 is 13.5 Å². The Labute approximate surface area is 97.5 Å². The van der Waals surface area contributed by atoms with Crippen molar-refractivity contribution in [3.63, 3.8) is 0 Å². The summed E-state index contributed by atoms with van der Waals surface area (Å²) < 4.78 is 25.0. The lowest BCUT2D eigenvalue weighted by molar-refractivity contribution is 0.121. The van der Waals surface area contributed by atoms with E-state index in [1.807, 2.05) is 12.1 Å². The molecule has 0 saturated carbocycles. The van der Waals surface area contributed by atoms with Crippen LogP contribution in [0.2, 0.25) is 0 Å². The number of anilines is 1. The van der Waals surface area contributed by atoms with Crippen LogP contribution in [0.3, 0.4) is 0 Å². The lowest BCUT2D eigenvalue weighted by Crippen LogP contribution is -2.21. The highest BCUT2D eigenvalue weighted by Crippen LogP contribution is 2.22. The van der Waals surface area contributed by atoms with Crippen LogP contribution in [0.4, 0.5) is 5.69 Å². The Morgan fingerprint density at radius 2 is 2.12 bits per heavy atom. The summed E-state index contributed by atoms with van der Waals surface area (Å²) in [5, 5.41) is 0. The third-order valence-corrected chi connectivity index (χ3v) is 3.56. The van der Waals surface area contributed by atoms with E-state index >= 15 is 0 Å². The molecule has 0 bridgehead atoms. The summed E-state index contributed by atoms with van der Waals surface area (Å²) in [6, 6.07) is 7.13. The maximum absolute atomic E-state index is 10.8. The lowest BCUT2D eigenvalue weighted by atomic mass is 10.3. The number of nitrogens with zero attached hydrogens (tertiary/aromatic N) is 1. The topological polar surface area (TPSA) is 49.8 Å². The first-order chi connectivity index (χ1) is 7.70. The zero-order chi connectivity index (χ0) is 11.5. The van der Waals surface area contributed by atoms with Gasteiger partial charge < -0.3 is 14.2 Å². The number of benzene rings is 1. The first kappa shape index (κ1) is 11.6. The molecular weight excluding hydrogens is 226 g/mol. The van der Waals surface area contributed by atoms with Crippen molar-refractivity contribution in [2.24, 2.45) is 0 Å². The van der Waals surface area contributed by atoms with Crippen molar-refractivity contribution in [3.05, 3.63) is 24.3 Å². The number of hydrogen-bond acceptors (Lipinski definition) is 3. The van der Waals surface area contributed by atoms with Crippen molar-refractivity contribution in [1.29, 1.82) is 0 Å². The fraction of sp³-hybridized carbons (Fsp3) is 0.455. The second kappa shape index (κ2) is 4.95. The van der Waals surface area contributed by atoms with Gasteiger partial charge in [-0.1, -0.05) is 0 Å². The highest BCUT2D eigenvalue weighted by molar-refractivity contribution is 7.79.